The van der Waals surface area contributed by atoms with Gasteiger partial charge in [-0.25, -0.2) is 0 Å². The van der Waals surface area contributed by atoms with Crippen molar-refractivity contribution in [3.8, 4) is 11.5 Å². The molecule has 0 aromatic heterocycles. The Morgan fingerprint density at radius 2 is 1.52 bits per heavy atom. The van der Waals surface area contributed by atoms with Crippen molar-refractivity contribution >= 4 is 17.6 Å². The maximum absolute atomic E-state index is 12.9. The minimum Gasteiger partial charge on any atom is -0.457 e. The van der Waals surface area contributed by atoms with E-state index in [1.165, 1.54) is 0 Å². The second kappa shape index (κ2) is 7.80. The first kappa shape index (κ1) is 18.7. The minimum absolute atomic E-state index is 0.353. The van der Waals surface area contributed by atoms with Gasteiger partial charge in [-0.15, -0.1) is 0 Å². The van der Waals surface area contributed by atoms with Crippen LogP contribution < -0.4 is 10.1 Å². The average Bonchev–Trinajstić information content (AvgIpc) is 2.73. The third-order valence-corrected chi connectivity index (χ3v) is 5.14. The van der Waals surface area contributed by atoms with Crippen molar-refractivity contribution in [2.45, 2.75) is 19.8 Å². The summed E-state index contributed by atoms with van der Waals surface area (Å²) in [6.07, 6.45) is 0. The van der Waals surface area contributed by atoms with Crippen LogP contribution in [0.4, 0.5) is 5.69 Å². The molecule has 3 aromatic carbocycles. The van der Waals surface area contributed by atoms with Crippen LogP contribution in [0.15, 0.2) is 66.7 Å². The van der Waals surface area contributed by atoms with E-state index in [0.29, 0.717) is 17.2 Å². The number of rotatable bonds is 4. The summed E-state index contributed by atoms with van der Waals surface area (Å²) < 4.78 is 11.3. The minimum atomic E-state index is -0.635. The van der Waals surface area contributed by atoms with Gasteiger partial charge in [-0.05, 0) is 43.2 Å². The molecule has 29 heavy (non-hydrogen) atoms. The van der Waals surface area contributed by atoms with Crippen molar-refractivity contribution in [1.82, 2.24) is 0 Å². The maximum Gasteiger partial charge on any atom is 0.318 e. The zero-order valence-corrected chi connectivity index (χ0v) is 16.3. The monoisotopic (exact) mass is 387 g/mol. The molecule has 0 spiro atoms. The van der Waals surface area contributed by atoms with Crippen molar-refractivity contribution in [2.24, 2.45) is 0 Å². The van der Waals surface area contributed by atoms with E-state index in [4.69, 9.17) is 9.47 Å². The molecule has 0 atom stereocenters. The van der Waals surface area contributed by atoms with Crippen molar-refractivity contribution in [2.75, 3.05) is 11.9 Å². The summed E-state index contributed by atoms with van der Waals surface area (Å²) in [5.74, 6) is -0.254. The topological polar surface area (TPSA) is 64.6 Å². The van der Waals surface area contributed by atoms with Crippen LogP contribution in [0.2, 0.25) is 0 Å². The van der Waals surface area contributed by atoms with E-state index in [1.54, 1.807) is 0 Å². The van der Waals surface area contributed by atoms with Crippen molar-refractivity contribution < 1.29 is 19.1 Å². The zero-order chi connectivity index (χ0) is 20.4. The fourth-order valence-corrected chi connectivity index (χ4v) is 3.46. The second-order valence-corrected chi connectivity index (χ2v) is 7.01. The van der Waals surface area contributed by atoms with E-state index in [1.807, 2.05) is 80.6 Å². The first-order chi connectivity index (χ1) is 14.0. The van der Waals surface area contributed by atoms with Crippen LogP contribution in [-0.2, 0) is 14.3 Å². The number of carbonyl (C=O) groups excluding carboxylic acids is 2. The predicted molar refractivity (Wildman–Crippen MR) is 110 cm³/mol. The Balaban J connectivity index is 1.50. The molecule has 5 heteroatoms. The lowest BCUT2D eigenvalue weighted by Crippen LogP contribution is -2.26. The van der Waals surface area contributed by atoms with Gasteiger partial charge >= 0.3 is 5.97 Å². The zero-order valence-electron chi connectivity index (χ0n) is 16.3. The Morgan fingerprint density at radius 1 is 0.897 bits per heavy atom. The third kappa shape index (κ3) is 3.72. The van der Waals surface area contributed by atoms with E-state index in [-0.39, 0.29) is 12.5 Å². The van der Waals surface area contributed by atoms with Gasteiger partial charge in [0.1, 0.15) is 17.4 Å². The molecule has 0 fully saturated rings. The number of hydrogen-bond acceptors (Lipinski definition) is 4. The van der Waals surface area contributed by atoms with E-state index < -0.39 is 11.9 Å². The van der Waals surface area contributed by atoms with Crippen molar-refractivity contribution in [3.05, 3.63) is 89.0 Å². The Morgan fingerprint density at radius 3 is 2.17 bits per heavy atom. The van der Waals surface area contributed by atoms with Crippen LogP contribution >= 0.6 is 0 Å². The molecule has 5 nitrogen and oxygen atoms in total. The lowest BCUT2D eigenvalue weighted by Gasteiger charge is -2.26. The number of nitrogens with one attached hydrogen (secondary N) is 1. The predicted octanol–water partition coefficient (Wildman–Crippen LogP) is 4.72. The van der Waals surface area contributed by atoms with Crippen LogP contribution in [-0.4, -0.2) is 18.5 Å². The summed E-state index contributed by atoms with van der Waals surface area (Å²) in [5.41, 5.74) is 4.24. The first-order valence-corrected chi connectivity index (χ1v) is 9.43. The number of hydrogen-bond donors (Lipinski definition) is 1. The highest BCUT2D eigenvalue weighted by Gasteiger charge is 2.33. The standard InChI is InChI=1S/C24H21NO4/c1-15-8-7-11-19(16(15)2)25-22(26)14-28-24(27)23-17-9-3-5-12-20(17)29-21-13-6-4-10-18(21)23/h3-13,23H,14H2,1-2H3,(H,25,26). The Bertz CT molecular complexity index is 1040. The fourth-order valence-electron chi connectivity index (χ4n) is 3.46. The quantitative estimate of drug-likeness (QED) is 0.658. The molecule has 1 N–H and O–H groups in total. The van der Waals surface area contributed by atoms with Gasteiger partial charge in [0, 0.05) is 16.8 Å². The molecule has 1 aliphatic heterocycles. The lowest BCUT2D eigenvalue weighted by molar-refractivity contribution is -0.148. The lowest BCUT2D eigenvalue weighted by atomic mass is 9.88. The van der Waals surface area contributed by atoms with Crippen LogP contribution in [0.5, 0.6) is 11.5 Å². The summed E-state index contributed by atoms with van der Waals surface area (Å²) in [4.78, 5) is 25.3. The van der Waals surface area contributed by atoms with Crippen molar-refractivity contribution in [1.29, 1.82) is 0 Å². The number of para-hydroxylation sites is 2. The number of benzene rings is 3. The molecule has 0 unspecified atom stereocenters. The van der Waals surface area contributed by atoms with E-state index >= 15 is 0 Å². The smallest absolute Gasteiger partial charge is 0.318 e. The highest BCUT2D eigenvalue weighted by atomic mass is 16.5. The van der Waals surface area contributed by atoms with E-state index in [2.05, 4.69) is 5.32 Å². The molecule has 4 rings (SSSR count). The van der Waals surface area contributed by atoms with Crippen molar-refractivity contribution in [3.63, 3.8) is 0 Å². The molecule has 0 bridgehead atoms. The average molecular weight is 387 g/mol. The Hall–Kier alpha value is -3.60. The summed E-state index contributed by atoms with van der Waals surface area (Å²) in [6.45, 7) is 3.56. The molecule has 3 aromatic rings. The molecule has 1 heterocycles. The van der Waals surface area contributed by atoms with Gasteiger partial charge in [-0.3, -0.25) is 9.59 Å². The highest BCUT2D eigenvalue weighted by molar-refractivity contribution is 5.94. The maximum atomic E-state index is 12.9. The van der Waals surface area contributed by atoms with Crippen LogP contribution in [0, 0.1) is 13.8 Å². The molecular formula is C24H21NO4. The summed E-state index contributed by atoms with van der Waals surface area (Å²) in [5, 5.41) is 2.81. The summed E-state index contributed by atoms with van der Waals surface area (Å²) in [7, 11) is 0. The van der Waals surface area contributed by atoms with Gasteiger partial charge < -0.3 is 14.8 Å². The van der Waals surface area contributed by atoms with Crippen LogP contribution in [0.3, 0.4) is 0 Å². The third-order valence-electron chi connectivity index (χ3n) is 5.14. The number of anilines is 1. The molecular weight excluding hydrogens is 366 g/mol. The van der Waals surface area contributed by atoms with E-state index in [9.17, 15) is 9.59 Å². The van der Waals surface area contributed by atoms with E-state index in [0.717, 1.165) is 22.3 Å². The number of carbonyl (C=O) groups is 2. The largest absolute Gasteiger partial charge is 0.457 e. The van der Waals surface area contributed by atoms with Gasteiger partial charge in [0.05, 0.1) is 0 Å². The normalized spacial score (nSPS) is 12.3. The number of esters is 1. The summed E-state index contributed by atoms with van der Waals surface area (Å²) >= 11 is 0. The molecule has 0 radical (unpaired) electrons. The second-order valence-electron chi connectivity index (χ2n) is 7.01. The summed E-state index contributed by atoms with van der Waals surface area (Å²) in [6, 6.07) is 20.4. The van der Waals surface area contributed by atoms with Gasteiger partial charge in [-0.1, -0.05) is 48.5 Å². The number of ether oxygens (including phenoxy) is 2. The molecule has 1 amide bonds. The number of fused-ring (bicyclic) bond motifs is 2. The van der Waals surface area contributed by atoms with Crippen LogP contribution in [0.25, 0.3) is 0 Å². The molecule has 0 saturated carbocycles. The first-order valence-electron chi connectivity index (χ1n) is 9.43. The van der Waals surface area contributed by atoms with Gasteiger partial charge in [0.15, 0.2) is 6.61 Å². The molecule has 1 aliphatic rings. The molecule has 0 aliphatic carbocycles. The highest BCUT2D eigenvalue weighted by Crippen LogP contribution is 2.44. The van der Waals surface area contributed by atoms with Gasteiger partial charge in [0.25, 0.3) is 5.91 Å². The Labute approximate surface area is 169 Å². The fraction of sp³-hybridized carbons (Fsp3) is 0.167. The molecule has 146 valence electrons. The van der Waals surface area contributed by atoms with Crippen LogP contribution in [0.1, 0.15) is 28.2 Å². The number of aryl methyl sites for hydroxylation is 1. The molecule has 0 saturated heterocycles. The van der Waals surface area contributed by atoms with Gasteiger partial charge in [0.2, 0.25) is 0 Å². The van der Waals surface area contributed by atoms with Gasteiger partial charge in [-0.2, -0.15) is 0 Å². The number of amides is 1. The SMILES string of the molecule is Cc1cccc(NC(=O)COC(=O)C2c3ccccc3Oc3ccccc32)c1C. The Kier molecular flexibility index (Phi) is 5.04.